The molecule has 2 aliphatic heterocycles. The number of nitrogens with zero attached hydrogens (tertiary/aromatic N) is 3. The third-order valence-corrected chi connectivity index (χ3v) is 5.68. The van der Waals surface area contributed by atoms with Gasteiger partial charge in [0.1, 0.15) is 5.54 Å². The van der Waals surface area contributed by atoms with E-state index in [0.717, 1.165) is 10.9 Å². The maximum atomic E-state index is 13.0. The van der Waals surface area contributed by atoms with Crippen LogP contribution >= 0.6 is 0 Å². The minimum Gasteiger partial charge on any atom is -0.338 e. The lowest BCUT2D eigenvalue weighted by molar-refractivity contribution is -0.129. The van der Waals surface area contributed by atoms with Crippen LogP contribution in [0, 0.1) is 5.92 Å². The Labute approximate surface area is 163 Å². The van der Waals surface area contributed by atoms with Crippen LogP contribution in [-0.4, -0.2) is 57.8 Å². The quantitative estimate of drug-likeness (QED) is 0.829. The maximum absolute atomic E-state index is 13.0. The van der Waals surface area contributed by atoms with Gasteiger partial charge in [0.25, 0.3) is 11.8 Å². The van der Waals surface area contributed by atoms with Crippen LogP contribution in [0.15, 0.2) is 36.5 Å². The van der Waals surface area contributed by atoms with Crippen molar-refractivity contribution in [3.63, 3.8) is 0 Å². The fraction of sp³-hybridized carbons (Fsp3) is 0.429. The smallest absolute Gasteiger partial charge is 0.325 e. The minimum absolute atomic E-state index is 0.0549. The number of piperidine rings is 1. The largest absolute Gasteiger partial charge is 0.338 e. The van der Waals surface area contributed by atoms with Crippen molar-refractivity contribution in [1.29, 1.82) is 0 Å². The summed E-state index contributed by atoms with van der Waals surface area (Å²) in [6.45, 7) is 5.47. The molecule has 0 radical (unpaired) electrons. The van der Waals surface area contributed by atoms with Crippen LogP contribution in [-0.2, 0) is 4.79 Å². The van der Waals surface area contributed by atoms with Gasteiger partial charge in [-0.3, -0.25) is 19.9 Å². The Bertz CT molecular complexity index is 948. The molecule has 2 aliphatic rings. The molecule has 0 bridgehead atoms. The number of benzene rings is 1. The second-order valence-electron chi connectivity index (χ2n) is 8.00. The fourth-order valence-corrected chi connectivity index (χ4v) is 4.19. The molecule has 0 saturated carbocycles. The molecule has 7 heteroatoms. The van der Waals surface area contributed by atoms with Crippen molar-refractivity contribution in [3.8, 4) is 0 Å². The normalized spacial score (nSPS) is 19.0. The van der Waals surface area contributed by atoms with E-state index in [9.17, 15) is 14.4 Å². The summed E-state index contributed by atoms with van der Waals surface area (Å²) in [5.41, 5.74) is 0.635. The summed E-state index contributed by atoms with van der Waals surface area (Å²) >= 11 is 0. The van der Waals surface area contributed by atoms with Gasteiger partial charge in [-0.1, -0.05) is 19.9 Å². The van der Waals surface area contributed by atoms with Gasteiger partial charge in [-0.2, -0.15) is 0 Å². The first kappa shape index (κ1) is 18.4. The van der Waals surface area contributed by atoms with Crippen molar-refractivity contribution < 1.29 is 14.4 Å². The molecule has 4 amide bonds. The first-order valence-corrected chi connectivity index (χ1v) is 9.68. The van der Waals surface area contributed by atoms with Crippen LogP contribution in [0.25, 0.3) is 10.9 Å². The number of urea groups is 1. The Kier molecular flexibility index (Phi) is 4.53. The van der Waals surface area contributed by atoms with Gasteiger partial charge in [-0.05, 0) is 43.0 Å². The van der Waals surface area contributed by atoms with Crippen LogP contribution < -0.4 is 5.32 Å². The topological polar surface area (TPSA) is 82.6 Å². The Morgan fingerprint density at radius 1 is 1.21 bits per heavy atom. The zero-order valence-corrected chi connectivity index (χ0v) is 16.1. The highest BCUT2D eigenvalue weighted by molar-refractivity contribution is 6.07. The van der Waals surface area contributed by atoms with Crippen molar-refractivity contribution in [2.45, 2.75) is 32.2 Å². The van der Waals surface area contributed by atoms with Gasteiger partial charge in [-0.25, -0.2) is 4.79 Å². The van der Waals surface area contributed by atoms with E-state index in [-0.39, 0.29) is 23.8 Å². The molecule has 0 unspecified atom stereocenters. The number of fused-ring (bicyclic) bond motifs is 1. The summed E-state index contributed by atoms with van der Waals surface area (Å²) in [6, 6.07) is 8.95. The molecule has 3 heterocycles. The predicted molar refractivity (Wildman–Crippen MR) is 105 cm³/mol. The molecule has 0 atom stereocenters. The van der Waals surface area contributed by atoms with Crippen molar-refractivity contribution in [2.75, 3.05) is 19.6 Å². The van der Waals surface area contributed by atoms with E-state index in [4.69, 9.17) is 0 Å². The molecule has 1 N–H and O–H groups in total. The number of pyridine rings is 1. The summed E-state index contributed by atoms with van der Waals surface area (Å²) in [5, 5.41) is 3.39. The molecular weight excluding hydrogens is 356 g/mol. The van der Waals surface area contributed by atoms with Crippen LogP contribution in [0.5, 0.6) is 0 Å². The molecule has 146 valence electrons. The zero-order chi connectivity index (χ0) is 19.9. The van der Waals surface area contributed by atoms with E-state index in [1.807, 2.05) is 38.1 Å². The Morgan fingerprint density at radius 3 is 2.68 bits per heavy atom. The van der Waals surface area contributed by atoms with Crippen molar-refractivity contribution in [3.05, 3.63) is 42.1 Å². The van der Waals surface area contributed by atoms with Gasteiger partial charge in [-0.15, -0.1) is 0 Å². The molecule has 1 aromatic heterocycles. The van der Waals surface area contributed by atoms with Gasteiger partial charge in [0.05, 0.1) is 5.52 Å². The lowest BCUT2D eigenvalue weighted by atomic mass is 9.85. The molecular formula is C21H24N4O3. The monoisotopic (exact) mass is 380 g/mol. The van der Waals surface area contributed by atoms with Gasteiger partial charge >= 0.3 is 6.03 Å². The number of hydrogen-bond acceptors (Lipinski definition) is 4. The molecule has 2 fully saturated rings. The van der Waals surface area contributed by atoms with Gasteiger partial charge in [0, 0.05) is 36.8 Å². The zero-order valence-electron chi connectivity index (χ0n) is 16.1. The van der Waals surface area contributed by atoms with Crippen LogP contribution in [0.4, 0.5) is 4.79 Å². The van der Waals surface area contributed by atoms with Gasteiger partial charge in [0.15, 0.2) is 0 Å². The van der Waals surface area contributed by atoms with E-state index >= 15 is 0 Å². The number of amides is 4. The van der Waals surface area contributed by atoms with Gasteiger partial charge in [0.2, 0.25) is 0 Å². The predicted octanol–water partition coefficient (Wildman–Crippen LogP) is 2.42. The lowest BCUT2D eigenvalue weighted by Gasteiger charge is -2.42. The number of carbonyl (C=O) groups is 3. The molecule has 28 heavy (non-hydrogen) atoms. The van der Waals surface area contributed by atoms with E-state index in [1.165, 1.54) is 0 Å². The highest BCUT2D eigenvalue weighted by Crippen LogP contribution is 2.34. The third kappa shape index (κ3) is 3.00. The number of nitrogens with one attached hydrogen (secondary N) is 1. The molecule has 4 rings (SSSR count). The maximum Gasteiger partial charge on any atom is 0.325 e. The highest BCUT2D eigenvalue weighted by atomic mass is 16.2. The van der Waals surface area contributed by atoms with Crippen LogP contribution in [0.1, 0.15) is 37.0 Å². The summed E-state index contributed by atoms with van der Waals surface area (Å²) in [5.74, 6) is -0.0258. The lowest BCUT2D eigenvalue weighted by Crippen LogP contribution is -2.58. The van der Waals surface area contributed by atoms with Crippen molar-refractivity contribution in [1.82, 2.24) is 20.1 Å². The molecule has 1 aromatic carbocycles. The summed E-state index contributed by atoms with van der Waals surface area (Å²) < 4.78 is 0. The molecule has 2 saturated heterocycles. The minimum atomic E-state index is -0.828. The van der Waals surface area contributed by atoms with Crippen molar-refractivity contribution >= 4 is 28.7 Å². The number of hydrogen-bond donors (Lipinski definition) is 1. The SMILES string of the molecule is CC(C)CN1C(=O)NC(=O)C12CCN(C(=O)c1ccc3ncccc3c1)CC2. The van der Waals surface area contributed by atoms with Crippen molar-refractivity contribution in [2.24, 2.45) is 5.92 Å². The molecule has 0 aliphatic carbocycles. The number of imide groups is 1. The number of likely N-dealkylation sites (tertiary alicyclic amines) is 1. The number of carbonyl (C=O) groups excluding carboxylic acids is 3. The second-order valence-corrected chi connectivity index (χ2v) is 8.00. The number of rotatable bonds is 3. The standard InChI is InChI=1S/C21H24N4O3/c1-14(2)13-25-20(28)23-19(27)21(25)7-10-24(11-8-21)18(26)16-5-6-17-15(12-16)4-3-9-22-17/h3-6,9,12,14H,7-8,10-11,13H2,1-2H3,(H,23,27,28). The summed E-state index contributed by atoms with van der Waals surface area (Å²) in [6.07, 6.45) is 2.64. The Hall–Kier alpha value is -2.96. The first-order valence-electron chi connectivity index (χ1n) is 9.68. The molecule has 1 spiro atoms. The Morgan fingerprint density at radius 2 is 1.96 bits per heavy atom. The van der Waals surface area contributed by atoms with E-state index in [0.29, 0.717) is 38.0 Å². The van der Waals surface area contributed by atoms with Crippen LogP contribution in [0.3, 0.4) is 0 Å². The van der Waals surface area contributed by atoms with E-state index in [2.05, 4.69) is 10.3 Å². The second kappa shape index (κ2) is 6.89. The molecule has 7 nitrogen and oxygen atoms in total. The van der Waals surface area contributed by atoms with Crippen LogP contribution in [0.2, 0.25) is 0 Å². The van der Waals surface area contributed by atoms with E-state index in [1.54, 1.807) is 22.1 Å². The molecule has 2 aromatic rings. The summed E-state index contributed by atoms with van der Waals surface area (Å²) in [4.78, 5) is 45.5. The van der Waals surface area contributed by atoms with Gasteiger partial charge < -0.3 is 9.80 Å². The Balaban J connectivity index is 1.51. The third-order valence-electron chi connectivity index (χ3n) is 5.68. The first-order chi connectivity index (χ1) is 13.4. The highest BCUT2D eigenvalue weighted by Gasteiger charge is 2.54. The average molecular weight is 380 g/mol. The van der Waals surface area contributed by atoms with E-state index < -0.39 is 5.54 Å². The fourth-order valence-electron chi connectivity index (χ4n) is 4.19. The average Bonchev–Trinajstić information content (AvgIpc) is 2.91. The number of aromatic nitrogens is 1. The summed E-state index contributed by atoms with van der Waals surface area (Å²) in [7, 11) is 0.